The molecule has 0 amide bonds. The predicted molar refractivity (Wildman–Crippen MR) is 70.9 cm³/mol. The molecule has 0 aromatic heterocycles. The van der Waals surface area contributed by atoms with Gasteiger partial charge in [0, 0.05) is 5.33 Å². The van der Waals surface area contributed by atoms with E-state index in [2.05, 4.69) is 15.9 Å². The molecule has 0 aliphatic rings. The van der Waals surface area contributed by atoms with Crippen LogP contribution in [-0.4, -0.2) is 19.0 Å². The molecule has 0 saturated carbocycles. The molecule has 0 radical (unpaired) electrons. The van der Waals surface area contributed by atoms with Gasteiger partial charge in [-0.25, -0.2) is 0 Å². The summed E-state index contributed by atoms with van der Waals surface area (Å²) in [6.07, 6.45) is 3.48. The number of ether oxygens (including phenoxy) is 2. The highest BCUT2D eigenvalue weighted by molar-refractivity contribution is 9.09. The number of hydrogen-bond acceptors (Lipinski definition) is 2. The summed E-state index contributed by atoms with van der Waals surface area (Å²) in [7, 11) is 1.67. The van der Waals surface area contributed by atoms with Gasteiger partial charge in [0.05, 0.1) is 13.7 Å². The second-order valence-electron chi connectivity index (χ2n) is 3.75. The number of alkyl halides is 1. The fourth-order valence-corrected chi connectivity index (χ4v) is 1.85. The van der Waals surface area contributed by atoms with E-state index in [0.29, 0.717) is 0 Å². The zero-order valence-electron chi connectivity index (χ0n) is 9.96. The molecule has 3 heteroatoms. The van der Waals surface area contributed by atoms with Crippen LogP contribution in [0.3, 0.4) is 0 Å². The Labute approximate surface area is 106 Å². The molecule has 0 bridgehead atoms. The maximum absolute atomic E-state index is 5.69. The molecule has 0 unspecified atom stereocenters. The van der Waals surface area contributed by atoms with Gasteiger partial charge in [-0.3, -0.25) is 0 Å². The first kappa shape index (κ1) is 13.4. The molecular weight excluding hydrogens is 268 g/mol. The van der Waals surface area contributed by atoms with Gasteiger partial charge in [0.25, 0.3) is 0 Å². The van der Waals surface area contributed by atoms with Gasteiger partial charge >= 0.3 is 0 Å². The van der Waals surface area contributed by atoms with E-state index in [-0.39, 0.29) is 0 Å². The molecule has 0 fully saturated rings. The number of benzene rings is 1. The van der Waals surface area contributed by atoms with Crippen molar-refractivity contribution in [3.63, 3.8) is 0 Å². The third kappa shape index (κ3) is 4.44. The molecule has 0 atom stereocenters. The van der Waals surface area contributed by atoms with Crippen LogP contribution in [0.25, 0.3) is 0 Å². The summed E-state index contributed by atoms with van der Waals surface area (Å²) in [4.78, 5) is 0. The summed E-state index contributed by atoms with van der Waals surface area (Å²) in [5.41, 5.74) is 1.18. The van der Waals surface area contributed by atoms with Gasteiger partial charge in [-0.2, -0.15) is 0 Å². The molecule has 90 valence electrons. The first-order chi connectivity index (χ1) is 7.77. The van der Waals surface area contributed by atoms with Crippen LogP contribution in [0.5, 0.6) is 11.5 Å². The number of unbranched alkanes of at least 4 members (excludes halogenated alkanes) is 2. The van der Waals surface area contributed by atoms with Gasteiger partial charge in [0.1, 0.15) is 0 Å². The number of rotatable bonds is 7. The molecular formula is C13H19BrO2. The zero-order valence-corrected chi connectivity index (χ0v) is 11.5. The minimum atomic E-state index is 0.756. The molecule has 1 aromatic rings. The molecule has 0 aliphatic heterocycles. The number of halogens is 1. The van der Waals surface area contributed by atoms with E-state index in [4.69, 9.17) is 9.47 Å². The molecule has 1 rings (SSSR count). The van der Waals surface area contributed by atoms with Crippen molar-refractivity contribution in [2.75, 3.05) is 19.0 Å². The van der Waals surface area contributed by atoms with Crippen LogP contribution in [0.1, 0.15) is 24.8 Å². The van der Waals surface area contributed by atoms with Gasteiger partial charge in [-0.15, -0.1) is 0 Å². The zero-order chi connectivity index (χ0) is 11.8. The molecule has 0 aliphatic carbocycles. The summed E-state index contributed by atoms with van der Waals surface area (Å²) in [6, 6.07) is 6.00. The maximum atomic E-state index is 5.69. The molecule has 1 aromatic carbocycles. The van der Waals surface area contributed by atoms with E-state index in [0.717, 1.165) is 29.9 Å². The van der Waals surface area contributed by atoms with Gasteiger partial charge in [0.2, 0.25) is 0 Å². The first-order valence-corrected chi connectivity index (χ1v) is 6.73. The van der Waals surface area contributed by atoms with Crippen molar-refractivity contribution >= 4 is 15.9 Å². The minimum absolute atomic E-state index is 0.756. The van der Waals surface area contributed by atoms with E-state index >= 15 is 0 Å². The average molecular weight is 287 g/mol. The molecule has 0 heterocycles. The summed E-state index contributed by atoms with van der Waals surface area (Å²) >= 11 is 3.42. The van der Waals surface area contributed by atoms with Crippen molar-refractivity contribution in [2.24, 2.45) is 0 Å². The summed E-state index contributed by atoms with van der Waals surface area (Å²) in [6.45, 7) is 2.80. The Balaban J connectivity index is 2.41. The quantitative estimate of drug-likeness (QED) is 0.558. The molecule has 2 nitrogen and oxygen atoms in total. The average Bonchev–Trinajstić information content (AvgIpc) is 2.30. The number of hydrogen-bond donors (Lipinski definition) is 0. The van der Waals surface area contributed by atoms with Crippen molar-refractivity contribution in [1.82, 2.24) is 0 Å². The van der Waals surface area contributed by atoms with E-state index in [1.54, 1.807) is 7.11 Å². The SMILES string of the molecule is COc1cc(C)ccc1OCCCCCBr. The summed E-state index contributed by atoms with van der Waals surface area (Å²) in [5, 5.41) is 1.07. The minimum Gasteiger partial charge on any atom is -0.493 e. The Morgan fingerprint density at radius 3 is 2.62 bits per heavy atom. The van der Waals surface area contributed by atoms with Gasteiger partial charge in [0.15, 0.2) is 11.5 Å². The Hall–Kier alpha value is -0.700. The topological polar surface area (TPSA) is 18.5 Å². The van der Waals surface area contributed by atoms with Crippen molar-refractivity contribution in [2.45, 2.75) is 26.2 Å². The summed E-state index contributed by atoms with van der Waals surface area (Å²) in [5.74, 6) is 1.66. The smallest absolute Gasteiger partial charge is 0.161 e. The van der Waals surface area contributed by atoms with Crippen molar-refractivity contribution in [1.29, 1.82) is 0 Å². The van der Waals surface area contributed by atoms with Crippen LogP contribution in [0.2, 0.25) is 0 Å². The van der Waals surface area contributed by atoms with E-state index in [9.17, 15) is 0 Å². The van der Waals surface area contributed by atoms with Crippen molar-refractivity contribution in [3.8, 4) is 11.5 Å². The highest BCUT2D eigenvalue weighted by Gasteiger charge is 2.03. The third-order valence-electron chi connectivity index (χ3n) is 2.35. The number of methoxy groups -OCH3 is 1. The van der Waals surface area contributed by atoms with Crippen LogP contribution in [0.15, 0.2) is 18.2 Å². The fourth-order valence-electron chi connectivity index (χ4n) is 1.45. The van der Waals surface area contributed by atoms with Gasteiger partial charge < -0.3 is 9.47 Å². The molecule has 16 heavy (non-hydrogen) atoms. The van der Waals surface area contributed by atoms with E-state index in [1.165, 1.54) is 18.4 Å². The van der Waals surface area contributed by atoms with Crippen LogP contribution in [0.4, 0.5) is 0 Å². The maximum Gasteiger partial charge on any atom is 0.161 e. The normalized spacial score (nSPS) is 10.2. The molecule has 0 N–H and O–H groups in total. The van der Waals surface area contributed by atoms with Crippen LogP contribution < -0.4 is 9.47 Å². The summed E-state index contributed by atoms with van der Waals surface area (Å²) < 4.78 is 11.0. The van der Waals surface area contributed by atoms with Crippen molar-refractivity contribution < 1.29 is 9.47 Å². The lowest BCUT2D eigenvalue weighted by Gasteiger charge is -2.10. The fraction of sp³-hybridized carbons (Fsp3) is 0.538. The lowest BCUT2D eigenvalue weighted by molar-refractivity contribution is 0.286. The van der Waals surface area contributed by atoms with Crippen LogP contribution in [-0.2, 0) is 0 Å². The third-order valence-corrected chi connectivity index (χ3v) is 2.92. The highest BCUT2D eigenvalue weighted by Crippen LogP contribution is 2.27. The van der Waals surface area contributed by atoms with Crippen LogP contribution in [0, 0.1) is 6.92 Å². The van der Waals surface area contributed by atoms with Crippen LogP contribution >= 0.6 is 15.9 Å². The highest BCUT2D eigenvalue weighted by atomic mass is 79.9. The Kier molecular flexibility index (Phi) is 6.31. The Morgan fingerprint density at radius 2 is 1.94 bits per heavy atom. The van der Waals surface area contributed by atoms with Gasteiger partial charge in [-0.05, 0) is 43.9 Å². The molecule has 0 spiro atoms. The van der Waals surface area contributed by atoms with E-state index in [1.807, 2.05) is 25.1 Å². The monoisotopic (exact) mass is 286 g/mol. The van der Waals surface area contributed by atoms with Crippen molar-refractivity contribution in [3.05, 3.63) is 23.8 Å². The van der Waals surface area contributed by atoms with E-state index < -0.39 is 0 Å². The number of aryl methyl sites for hydroxylation is 1. The Bertz CT molecular complexity index is 313. The Morgan fingerprint density at radius 1 is 1.12 bits per heavy atom. The first-order valence-electron chi connectivity index (χ1n) is 5.61. The lowest BCUT2D eigenvalue weighted by atomic mass is 10.2. The standard InChI is InChI=1S/C13H19BrO2/c1-11-6-7-12(13(10-11)15-2)16-9-5-3-4-8-14/h6-7,10H,3-5,8-9H2,1-2H3. The van der Waals surface area contributed by atoms with Gasteiger partial charge in [-0.1, -0.05) is 22.0 Å². The second-order valence-corrected chi connectivity index (χ2v) is 4.55. The largest absolute Gasteiger partial charge is 0.493 e. The molecule has 0 saturated heterocycles. The lowest BCUT2D eigenvalue weighted by Crippen LogP contribution is -1.99. The second kappa shape index (κ2) is 7.55. The predicted octanol–water partition coefficient (Wildman–Crippen LogP) is 3.95.